The molecule has 0 unspecified atom stereocenters. The number of rotatable bonds is 4. The lowest BCUT2D eigenvalue weighted by atomic mass is 10.1. The highest BCUT2D eigenvalue weighted by Crippen LogP contribution is 2.32. The lowest BCUT2D eigenvalue weighted by Gasteiger charge is -2.07. The second-order valence-corrected chi connectivity index (χ2v) is 5.86. The summed E-state index contributed by atoms with van der Waals surface area (Å²) in [5.74, 6) is 0.320. The molecular weight excluding hydrogens is 343 g/mol. The number of benzene rings is 2. The van der Waals surface area contributed by atoms with Crippen LogP contribution in [0.5, 0.6) is 0 Å². The van der Waals surface area contributed by atoms with E-state index in [1.165, 1.54) is 18.5 Å². The van der Waals surface area contributed by atoms with Gasteiger partial charge in [0.15, 0.2) is 0 Å². The summed E-state index contributed by atoms with van der Waals surface area (Å²) in [5.41, 5.74) is 2.73. The van der Waals surface area contributed by atoms with Gasteiger partial charge in [0, 0.05) is 17.1 Å². The Labute approximate surface area is 147 Å². The van der Waals surface area contributed by atoms with Crippen LogP contribution >= 0.6 is 11.6 Å². The first-order chi connectivity index (χ1) is 12.2. The molecule has 0 spiro atoms. The molecule has 4 rings (SSSR count). The Morgan fingerprint density at radius 1 is 1.08 bits per heavy atom. The average Bonchev–Trinajstić information content (AvgIpc) is 3.06. The Kier molecular flexibility index (Phi) is 4.03. The number of anilines is 1. The third-order valence-corrected chi connectivity index (χ3v) is 3.98. The largest absolute Gasteiger partial charge is 0.365 e. The van der Waals surface area contributed by atoms with Crippen molar-refractivity contribution in [1.82, 2.24) is 15.1 Å². The van der Waals surface area contributed by atoms with Crippen molar-refractivity contribution in [3.63, 3.8) is 0 Å². The molecule has 2 heterocycles. The predicted molar refractivity (Wildman–Crippen MR) is 93.8 cm³/mol. The molecule has 25 heavy (non-hydrogen) atoms. The summed E-state index contributed by atoms with van der Waals surface area (Å²) >= 11 is 6.07. The van der Waals surface area contributed by atoms with Gasteiger partial charge in [-0.1, -0.05) is 41.0 Å². The van der Waals surface area contributed by atoms with Crippen molar-refractivity contribution in [2.45, 2.75) is 6.54 Å². The molecule has 0 radical (unpaired) electrons. The van der Waals surface area contributed by atoms with E-state index in [9.17, 15) is 4.39 Å². The molecule has 0 aliphatic carbocycles. The lowest BCUT2D eigenvalue weighted by molar-refractivity contribution is 0.451. The minimum atomic E-state index is -0.268. The number of aromatic nitrogens is 3. The summed E-state index contributed by atoms with van der Waals surface area (Å²) in [7, 11) is 0. The van der Waals surface area contributed by atoms with Crippen molar-refractivity contribution in [1.29, 1.82) is 0 Å². The molecule has 4 aromatic rings. The van der Waals surface area contributed by atoms with Crippen LogP contribution in [0.15, 0.2) is 59.4 Å². The van der Waals surface area contributed by atoms with Gasteiger partial charge in [-0.15, -0.1) is 0 Å². The highest BCUT2D eigenvalue weighted by Gasteiger charge is 2.16. The molecule has 124 valence electrons. The van der Waals surface area contributed by atoms with Crippen molar-refractivity contribution in [2.75, 3.05) is 5.32 Å². The first-order valence-electron chi connectivity index (χ1n) is 7.55. The van der Waals surface area contributed by atoms with E-state index in [1.54, 1.807) is 24.3 Å². The minimum absolute atomic E-state index is 0.268. The van der Waals surface area contributed by atoms with Gasteiger partial charge in [-0.05, 0) is 29.8 Å². The summed E-state index contributed by atoms with van der Waals surface area (Å²) in [6, 6.07) is 13.6. The van der Waals surface area contributed by atoms with E-state index in [0.717, 1.165) is 11.1 Å². The normalized spacial score (nSPS) is 11.0. The van der Waals surface area contributed by atoms with Crippen molar-refractivity contribution >= 4 is 28.5 Å². The van der Waals surface area contributed by atoms with E-state index in [2.05, 4.69) is 20.4 Å². The molecule has 0 atom stereocenters. The van der Waals surface area contributed by atoms with Crippen LogP contribution in [0.4, 0.5) is 10.2 Å². The summed E-state index contributed by atoms with van der Waals surface area (Å²) < 4.78 is 18.3. The van der Waals surface area contributed by atoms with Crippen molar-refractivity contribution in [3.8, 4) is 11.3 Å². The van der Waals surface area contributed by atoms with Crippen LogP contribution in [0.3, 0.4) is 0 Å². The number of hydrogen-bond donors (Lipinski definition) is 1. The number of fused-ring (bicyclic) bond motifs is 1. The smallest absolute Gasteiger partial charge is 0.263 e. The molecule has 2 aromatic heterocycles. The van der Waals surface area contributed by atoms with Crippen LogP contribution in [0.1, 0.15) is 5.56 Å². The molecule has 0 amide bonds. The molecule has 7 heteroatoms. The highest BCUT2D eigenvalue weighted by molar-refractivity contribution is 6.30. The van der Waals surface area contributed by atoms with Crippen LogP contribution in [0.2, 0.25) is 5.02 Å². The maximum atomic E-state index is 13.0. The second kappa shape index (κ2) is 6.49. The van der Waals surface area contributed by atoms with Gasteiger partial charge in [0.1, 0.15) is 29.0 Å². The van der Waals surface area contributed by atoms with E-state index >= 15 is 0 Å². The van der Waals surface area contributed by atoms with Crippen LogP contribution in [-0.4, -0.2) is 15.1 Å². The molecule has 0 bridgehead atoms. The van der Waals surface area contributed by atoms with Gasteiger partial charge in [0.2, 0.25) is 0 Å². The SMILES string of the molecule is Fc1ccc(CNc2ncnc3onc(-c4cccc(Cl)c4)c23)cc1. The van der Waals surface area contributed by atoms with Gasteiger partial charge in [-0.2, -0.15) is 4.98 Å². The fourth-order valence-corrected chi connectivity index (χ4v) is 2.73. The summed E-state index contributed by atoms with van der Waals surface area (Å²) in [6.07, 6.45) is 1.41. The van der Waals surface area contributed by atoms with E-state index < -0.39 is 0 Å². The van der Waals surface area contributed by atoms with E-state index in [4.69, 9.17) is 16.1 Å². The number of nitrogens with one attached hydrogen (secondary N) is 1. The van der Waals surface area contributed by atoms with Crippen molar-refractivity contribution < 1.29 is 8.91 Å². The first kappa shape index (κ1) is 15.5. The van der Waals surface area contributed by atoms with Gasteiger partial charge in [-0.3, -0.25) is 0 Å². The Morgan fingerprint density at radius 3 is 2.72 bits per heavy atom. The molecule has 0 saturated heterocycles. The molecule has 2 aromatic carbocycles. The van der Waals surface area contributed by atoms with E-state index in [1.807, 2.05) is 12.1 Å². The number of hydrogen-bond acceptors (Lipinski definition) is 5. The van der Waals surface area contributed by atoms with Crippen LogP contribution in [0.25, 0.3) is 22.4 Å². The van der Waals surface area contributed by atoms with Crippen molar-refractivity contribution in [3.05, 3.63) is 71.3 Å². The van der Waals surface area contributed by atoms with Gasteiger partial charge in [0.25, 0.3) is 5.71 Å². The quantitative estimate of drug-likeness (QED) is 0.576. The summed E-state index contributed by atoms with van der Waals surface area (Å²) in [6.45, 7) is 0.479. The van der Waals surface area contributed by atoms with Gasteiger partial charge in [0.05, 0.1) is 0 Å². The summed E-state index contributed by atoms with van der Waals surface area (Å²) in [4.78, 5) is 8.41. The van der Waals surface area contributed by atoms with E-state index in [0.29, 0.717) is 34.2 Å². The van der Waals surface area contributed by atoms with Gasteiger partial charge < -0.3 is 9.84 Å². The third kappa shape index (κ3) is 3.16. The zero-order chi connectivity index (χ0) is 17.2. The van der Waals surface area contributed by atoms with Crippen LogP contribution in [-0.2, 0) is 6.54 Å². The first-order valence-corrected chi connectivity index (χ1v) is 7.93. The maximum Gasteiger partial charge on any atom is 0.263 e. The standard InChI is InChI=1S/C18H12ClFN4O/c19-13-3-1-2-12(8-13)16-15-17(22-10-23-18(15)25-24-16)21-9-11-4-6-14(20)7-5-11/h1-8,10H,9H2,(H,21,22,23). The van der Waals surface area contributed by atoms with Gasteiger partial charge >= 0.3 is 0 Å². The minimum Gasteiger partial charge on any atom is -0.365 e. The molecule has 0 aliphatic heterocycles. The monoisotopic (exact) mass is 354 g/mol. The fourth-order valence-electron chi connectivity index (χ4n) is 2.54. The lowest BCUT2D eigenvalue weighted by Crippen LogP contribution is -2.02. The van der Waals surface area contributed by atoms with Crippen LogP contribution < -0.4 is 5.32 Å². The topological polar surface area (TPSA) is 63.8 Å². The molecule has 5 nitrogen and oxygen atoms in total. The average molecular weight is 355 g/mol. The Balaban J connectivity index is 1.71. The molecule has 0 aliphatic rings. The Hall–Kier alpha value is -2.99. The third-order valence-electron chi connectivity index (χ3n) is 3.74. The number of halogens is 2. The maximum absolute atomic E-state index is 13.0. The fraction of sp³-hybridized carbons (Fsp3) is 0.0556. The molecular formula is C18H12ClFN4O. The van der Waals surface area contributed by atoms with Crippen molar-refractivity contribution in [2.24, 2.45) is 0 Å². The second-order valence-electron chi connectivity index (χ2n) is 5.42. The highest BCUT2D eigenvalue weighted by atomic mass is 35.5. The predicted octanol–water partition coefficient (Wildman–Crippen LogP) is 4.69. The molecule has 0 saturated carbocycles. The molecule has 0 fully saturated rings. The molecule has 1 N–H and O–H groups in total. The zero-order valence-corrected chi connectivity index (χ0v) is 13.7. The zero-order valence-electron chi connectivity index (χ0n) is 12.9. The summed E-state index contributed by atoms with van der Waals surface area (Å²) in [5, 5.41) is 8.61. The van der Waals surface area contributed by atoms with E-state index in [-0.39, 0.29) is 5.82 Å². The van der Waals surface area contributed by atoms with Crippen LogP contribution in [0, 0.1) is 5.82 Å². The number of nitrogens with zero attached hydrogens (tertiary/aromatic N) is 3. The Bertz CT molecular complexity index is 1030. The van der Waals surface area contributed by atoms with Gasteiger partial charge in [-0.25, -0.2) is 9.37 Å². The Morgan fingerprint density at radius 2 is 1.92 bits per heavy atom.